The maximum atomic E-state index is 12.8. The first-order valence-corrected chi connectivity index (χ1v) is 4.34. The molecule has 0 radical (unpaired) electrons. The maximum Gasteiger partial charge on any atom is 0.123 e. The molecule has 0 saturated carbocycles. The highest BCUT2D eigenvalue weighted by Gasteiger charge is 2.06. The van der Waals surface area contributed by atoms with Crippen LogP contribution in [0.15, 0.2) is 18.2 Å². The van der Waals surface area contributed by atoms with Gasteiger partial charge in [-0.3, -0.25) is 0 Å². The minimum absolute atomic E-state index is 0.115. The number of aryl methyl sites for hydroxylation is 1. The van der Waals surface area contributed by atoms with E-state index in [4.69, 9.17) is 0 Å². The van der Waals surface area contributed by atoms with Crippen molar-refractivity contribution in [3.63, 3.8) is 0 Å². The standard InChI is InChI=1S/C10H12FN/c11-10-4-3-9-7-12-5-1-2-8(9)6-10/h3-4,6,12H,1-2,5,7H2. The Morgan fingerprint density at radius 3 is 3.08 bits per heavy atom. The van der Waals surface area contributed by atoms with Crippen molar-refractivity contribution < 1.29 is 4.39 Å². The zero-order valence-electron chi connectivity index (χ0n) is 6.94. The molecule has 0 aromatic heterocycles. The van der Waals surface area contributed by atoms with E-state index >= 15 is 0 Å². The molecule has 1 aliphatic heterocycles. The van der Waals surface area contributed by atoms with Gasteiger partial charge in [-0.2, -0.15) is 0 Å². The van der Waals surface area contributed by atoms with E-state index in [1.165, 1.54) is 17.2 Å². The van der Waals surface area contributed by atoms with Crippen LogP contribution >= 0.6 is 0 Å². The van der Waals surface area contributed by atoms with Crippen LogP contribution in [0.1, 0.15) is 17.5 Å². The van der Waals surface area contributed by atoms with Crippen LogP contribution in [0.3, 0.4) is 0 Å². The van der Waals surface area contributed by atoms with Gasteiger partial charge < -0.3 is 5.32 Å². The van der Waals surface area contributed by atoms with Crippen LogP contribution in [0.5, 0.6) is 0 Å². The summed E-state index contributed by atoms with van der Waals surface area (Å²) in [4.78, 5) is 0. The second kappa shape index (κ2) is 3.23. The van der Waals surface area contributed by atoms with Gasteiger partial charge in [-0.1, -0.05) is 6.07 Å². The summed E-state index contributed by atoms with van der Waals surface area (Å²) in [5.41, 5.74) is 2.41. The largest absolute Gasteiger partial charge is 0.313 e. The number of rotatable bonds is 0. The predicted octanol–water partition coefficient (Wildman–Crippen LogP) is 1.86. The van der Waals surface area contributed by atoms with Crippen LogP contribution in [0.25, 0.3) is 0 Å². The van der Waals surface area contributed by atoms with E-state index in [1.54, 1.807) is 6.07 Å². The molecule has 0 saturated heterocycles. The Kier molecular flexibility index (Phi) is 2.09. The number of nitrogens with one attached hydrogen (secondary N) is 1. The quantitative estimate of drug-likeness (QED) is 0.618. The second-order valence-electron chi connectivity index (χ2n) is 3.19. The Bertz CT molecular complexity index is 283. The molecule has 1 aromatic carbocycles. The Hall–Kier alpha value is -0.890. The number of hydrogen-bond acceptors (Lipinski definition) is 1. The topological polar surface area (TPSA) is 12.0 Å². The third kappa shape index (κ3) is 1.48. The van der Waals surface area contributed by atoms with Crippen LogP contribution in [-0.2, 0) is 13.0 Å². The van der Waals surface area contributed by atoms with Gasteiger partial charge in [0.25, 0.3) is 0 Å². The third-order valence-electron chi connectivity index (χ3n) is 2.28. The first-order valence-electron chi connectivity index (χ1n) is 4.34. The first kappa shape index (κ1) is 7.74. The molecule has 0 unspecified atom stereocenters. The van der Waals surface area contributed by atoms with Crippen molar-refractivity contribution in [2.24, 2.45) is 0 Å². The normalized spacial score (nSPS) is 16.8. The summed E-state index contributed by atoms with van der Waals surface area (Å²) in [6.07, 6.45) is 2.11. The molecule has 0 spiro atoms. The van der Waals surface area contributed by atoms with E-state index in [9.17, 15) is 4.39 Å². The number of benzene rings is 1. The highest BCUT2D eigenvalue weighted by molar-refractivity contribution is 5.28. The van der Waals surface area contributed by atoms with Gasteiger partial charge in [-0.25, -0.2) is 4.39 Å². The first-order chi connectivity index (χ1) is 5.86. The predicted molar refractivity (Wildman–Crippen MR) is 46.4 cm³/mol. The monoisotopic (exact) mass is 165 g/mol. The van der Waals surface area contributed by atoms with E-state index in [0.29, 0.717) is 0 Å². The number of halogens is 1. The van der Waals surface area contributed by atoms with Crippen molar-refractivity contribution in [2.75, 3.05) is 6.54 Å². The molecule has 0 bridgehead atoms. The molecule has 0 atom stereocenters. The number of hydrogen-bond donors (Lipinski definition) is 1. The minimum Gasteiger partial charge on any atom is -0.313 e. The van der Waals surface area contributed by atoms with Gasteiger partial charge in [0.05, 0.1) is 0 Å². The van der Waals surface area contributed by atoms with Crippen molar-refractivity contribution in [3.05, 3.63) is 35.1 Å². The fraction of sp³-hybridized carbons (Fsp3) is 0.400. The van der Waals surface area contributed by atoms with E-state index in [0.717, 1.165) is 25.9 Å². The Morgan fingerprint density at radius 1 is 1.25 bits per heavy atom. The summed E-state index contributed by atoms with van der Waals surface area (Å²) >= 11 is 0. The van der Waals surface area contributed by atoms with Crippen molar-refractivity contribution in [1.29, 1.82) is 0 Å². The fourth-order valence-corrected chi connectivity index (χ4v) is 1.63. The molecule has 1 aromatic rings. The summed E-state index contributed by atoms with van der Waals surface area (Å²) < 4.78 is 12.8. The molecule has 2 heteroatoms. The second-order valence-corrected chi connectivity index (χ2v) is 3.19. The molecular weight excluding hydrogens is 153 g/mol. The van der Waals surface area contributed by atoms with Crippen LogP contribution in [-0.4, -0.2) is 6.54 Å². The lowest BCUT2D eigenvalue weighted by molar-refractivity contribution is 0.624. The summed E-state index contributed by atoms with van der Waals surface area (Å²) in [7, 11) is 0. The van der Waals surface area contributed by atoms with Crippen LogP contribution in [0.2, 0.25) is 0 Å². The highest BCUT2D eigenvalue weighted by atomic mass is 19.1. The van der Waals surface area contributed by atoms with Gasteiger partial charge in [0.2, 0.25) is 0 Å². The summed E-state index contributed by atoms with van der Waals surface area (Å²) in [6.45, 7) is 1.92. The Morgan fingerprint density at radius 2 is 2.17 bits per heavy atom. The van der Waals surface area contributed by atoms with Gasteiger partial charge >= 0.3 is 0 Å². The van der Waals surface area contributed by atoms with E-state index in [-0.39, 0.29) is 5.82 Å². The number of fused-ring (bicyclic) bond motifs is 1. The molecule has 64 valence electrons. The molecular formula is C10H12FN. The zero-order chi connectivity index (χ0) is 8.39. The Balaban J connectivity index is 2.36. The van der Waals surface area contributed by atoms with Gasteiger partial charge in [0.1, 0.15) is 5.82 Å². The van der Waals surface area contributed by atoms with Crippen LogP contribution < -0.4 is 5.32 Å². The van der Waals surface area contributed by atoms with Crippen LogP contribution in [0.4, 0.5) is 4.39 Å². The van der Waals surface area contributed by atoms with Crippen molar-refractivity contribution in [2.45, 2.75) is 19.4 Å². The van der Waals surface area contributed by atoms with Crippen molar-refractivity contribution >= 4 is 0 Å². The molecule has 0 aliphatic carbocycles. The fourth-order valence-electron chi connectivity index (χ4n) is 1.63. The average molecular weight is 165 g/mol. The average Bonchev–Trinajstić information content (AvgIpc) is 2.28. The summed E-state index contributed by atoms with van der Waals surface area (Å²) in [5, 5.41) is 3.30. The van der Waals surface area contributed by atoms with Crippen molar-refractivity contribution in [1.82, 2.24) is 5.32 Å². The Labute approximate surface area is 71.6 Å². The third-order valence-corrected chi connectivity index (χ3v) is 2.28. The molecule has 1 N–H and O–H groups in total. The van der Waals surface area contributed by atoms with Gasteiger partial charge in [-0.15, -0.1) is 0 Å². The van der Waals surface area contributed by atoms with E-state index < -0.39 is 0 Å². The molecule has 12 heavy (non-hydrogen) atoms. The molecule has 1 aliphatic rings. The molecule has 0 amide bonds. The van der Waals surface area contributed by atoms with E-state index in [1.807, 2.05) is 6.07 Å². The summed E-state index contributed by atoms with van der Waals surface area (Å²) in [5.74, 6) is -0.115. The SMILES string of the molecule is Fc1ccc2c(c1)CCCNC2. The molecule has 2 rings (SSSR count). The highest BCUT2D eigenvalue weighted by Crippen LogP contribution is 2.15. The van der Waals surface area contributed by atoms with E-state index in [2.05, 4.69) is 5.32 Å². The lowest BCUT2D eigenvalue weighted by Crippen LogP contribution is -2.11. The van der Waals surface area contributed by atoms with Gasteiger partial charge in [0, 0.05) is 6.54 Å². The van der Waals surface area contributed by atoms with Crippen LogP contribution in [0, 0.1) is 5.82 Å². The summed E-state index contributed by atoms with van der Waals surface area (Å²) in [6, 6.07) is 5.07. The maximum absolute atomic E-state index is 12.8. The zero-order valence-corrected chi connectivity index (χ0v) is 6.94. The smallest absolute Gasteiger partial charge is 0.123 e. The molecule has 0 fully saturated rings. The molecule has 1 heterocycles. The lowest BCUT2D eigenvalue weighted by atomic mass is 10.0. The van der Waals surface area contributed by atoms with Gasteiger partial charge in [0.15, 0.2) is 0 Å². The van der Waals surface area contributed by atoms with Gasteiger partial charge in [-0.05, 0) is 42.6 Å². The minimum atomic E-state index is -0.115. The van der Waals surface area contributed by atoms with Crippen molar-refractivity contribution in [3.8, 4) is 0 Å². The lowest BCUT2D eigenvalue weighted by Gasteiger charge is -2.03. The molecule has 1 nitrogen and oxygen atoms in total.